The quantitative estimate of drug-likeness (QED) is 0.702. The first-order valence-corrected chi connectivity index (χ1v) is 6.12. The second-order valence-electron chi connectivity index (χ2n) is 4.15. The molecule has 0 bridgehead atoms. The van der Waals surface area contributed by atoms with E-state index in [-0.39, 0.29) is 0 Å². The summed E-state index contributed by atoms with van der Waals surface area (Å²) in [5.41, 5.74) is 1.28. The van der Waals surface area contributed by atoms with Crippen LogP contribution < -0.4 is 0 Å². The van der Waals surface area contributed by atoms with Gasteiger partial charge in [0.15, 0.2) is 0 Å². The van der Waals surface area contributed by atoms with Gasteiger partial charge in [0.05, 0.1) is 10.7 Å². The van der Waals surface area contributed by atoms with Crippen LogP contribution in [0.5, 0.6) is 0 Å². The van der Waals surface area contributed by atoms with Crippen molar-refractivity contribution in [2.24, 2.45) is 5.92 Å². The molecule has 2 heteroatoms. The average Bonchev–Trinajstić information content (AvgIpc) is 2.71. The van der Waals surface area contributed by atoms with Crippen LogP contribution in [0.2, 0.25) is 0 Å². The summed E-state index contributed by atoms with van der Waals surface area (Å²) in [5, 5.41) is 3.61. The summed E-state index contributed by atoms with van der Waals surface area (Å²) in [6.07, 6.45) is 5.19. The molecule has 13 heavy (non-hydrogen) atoms. The van der Waals surface area contributed by atoms with Crippen molar-refractivity contribution in [2.45, 2.75) is 45.4 Å². The average molecular weight is 195 g/mol. The van der Waals surface area contributed by atoms with Crippen LogP contribution in [0.1, 0.15) is 49.7 Å². The smallest absolute Gasteiger partial charge is 0.0959 e. The van der Waals surface area contributed by atoms with E-state index < -0.39 is 0 Å². The Morgan fingerprint density at radius 1 is 1.54 bits per heavy atom. The molecule has 1 heterocycles. The van der Waals surface area contributed by atoms with Crippen molar-refractivity contribution in [1.82, 2.24) is 4.98 Å². The maximum Gasteiger partial charge on any atom is 0.0959 e. The lowest BCUT2D eigenvalue weighted by atomic mass is 10.1. The standard InChI is InChI=1S/C11H17NS/c1-3-10-7-13-11(12-10)9-5-4-8(2)6-9/h7-9H,3-6H2,1-2H3. The van der Waals surface area contributed by atoms with Crippen LogP contribution in [0.3, 0.4) is 0 Å². The van der Waals surface area contributed by atoms with Crippen molar-refractivity contribution in [3.05, 3.63) is 16.1 Å². The highest BCUT2D eigenvalue weighted by atomic mass is 32.1. The molecule has 2 unspecified atom stereocenters. The van der Waals surface area contributed by atoms with Crippen LogP contribution in [0.15, 0.2) is 5.38 Å². The number of rotatable bonds is 2. The van der Waals surface area contributed by atoms with Gasteiger partial charge in [-0.2, -0.15) is 0 Å². The van der Waals surface area contributed by atoms with Crippen LogP contribution in [-0.2, 0) is 6.42 Å². The Labute approximate surface area is 84.2 Å². The summed E-state index contributed by atoms with van der Waals surface area (Å²) in [5.74, 6) is 1.69. The van der Waals surface area contributed by atoms with Crippen molar-refractivity contribution in [3.63, 3.8) is 0 Å². The maximum absolute atomic E-state index is 4.66. The van der Waals surface area contributed by atoms with Crippen molar-refractivity contribution in [3.8, 4) is 0 Å². The van der Waals surface area contributed by atoms with Gasteiger partial charge in [-0.3, -0.25) is 0 Å². The third-order valence-electron chi connectivity index (χ3n) is 2.98. The Bertz CT molecular complexity index is 279. The summed E-state index contributed by atoms with van der Waals surface area (Å²) in [6.45, 7) is 4.53. The molecule has 1 aromatic rings. The van der Waals surface area contributed by atoms with E-state index in [4.69, 9.17) is 0 Å². The first kappa shape index (κ1) is 9.20. The Morgan fingerprint density at radius 2 is 2.38 bits per heavy atom. The fraction of sp³-hybridized carbons (Fsp3) is 0.727. The molecular formula is C11H17NS. The molecule has 2 rings (SSSR count). The zero-order valence-corrected chi connectivity index (χ0v) is 9.23. The Hall–Kier alpha value is -0.370. The van der Waals surface area contributed by atoms with E-state index in [1.54, 1.807) is 0 Å². The first-order valence-electron chi connectivity index (χ1n) is 5.24. The van der Waals surface area contributed by atoms with E-state index in [0.29, 0.717) is 0 Å². The van der Waals surface area contributed by atoms with Crippen LogP contribution in [0.4, 0.5) is 0 Å². The minimum atomic E-state index is 0.778. The van der Waals surface area contributed by atoms with E-state index in [2.05, 4.69) is 24.2 Å². The zero-order valence-electron chi connectivity index (χ0n) is 8.42. The van der Waals surface area contributed by atoms with Gasteiger partial charge in [-0.05, 0) is 25.2 Å². The van der Waals surface area contributed by atoms with Crippen LogP contribution in [-0.4, -0.2) is 4.98 Å². The van der Waals surface area contributed by atoms with Gasteiger partial charge in [-0.15, -0.1) is 11.3 Å². The van der Waals surface area contributed by atoms with Crippen molar-refractivity contribution < 1.29 is 0 Å². The van der Waals surface area contributed by atoms with Crippen molar-refractivity contribution >= 4 is 11.3 Å². The highest BCUT2D eigenvalue weighted by Gasteiger charge is 2.24. The molecule has 1 saturated carbocycles. The summed E-state index contributed by atoms with van der Waals surface area (Å²) in [4.78, 5) is 4.66. The van der Waals surface area contributed by atoms with E-state index in [1.807, 2.05) is 11.3 Å². The molecule has 1 aliphatic carbocycles. The molecule has 72 valence electrons. The Kier molecular flexibility index (Phi) is 2.68. The molecule has 1 fully saturated rings. The number of aromatic nitrogens is 1. The second kappa shape index (κ2) is 3.79. The van der Waals surface area contributed by atoms with Crippen molar-refractivity contribution in [1.29, 1.82) is 0 Å². The topological polar surface area (TPSA) is 12.9 Å². The van der Waals surface area contributed by atoms with E-state index >= 15 is 0 Å². The van der Waals surface area contributed by atoms with Gasteiger partial charge < -0.3 is 0 Å². The number of hydrogen-bond acceptors (Lipinski definition) is 2. The van der Waals surface area contributed by atoms with E-state index in [9.17, 15) is 0 Å². The van der Waals surface area contributed by atoms with Crippen LogP contribution >= 0.6 is 11.3 Å². The fourth-order valence-electron chi connectivity index (χ4n) is 2.10. The summed E-state index contributed by atoms with van der Waals surface area (Å²) >= 11 is 1.86. The molecule has 0 saturated heterocycles. The molecule has 1 aromatic heterocycles. The number of nitrogens with zero attached hydrogens (tertiary/aromatic N) is 1. The van der Waals surface area contributed by atoms with E-state index in [0.717, 1.165) is 18.3 Å². The normalized spacial score (nSPS) is 28.2. The minimum absolute atomic E-state index is 0.778. The minimum Gasteiger partial charge on any atom is -0.246 e. The molecule has 0 amide bonds. The molecule has 0 radical (unpaired) electrons. The fourth-order valence-corrected chi connectivity index (χ4v) is 3.16. The molecular weight excluding hydrogens is 178 g/mol. The zero-order chi connectivity index (χ0) is 9.26. The largest absolute Gasteiger partial charge is 0.246 e. The third-order valence-corrected chi connectivity index (χ3v) is 4.03. The lowest BCUT2D eigenvalue weighted by Gasteiger charge is -2.03. The molecule has 0 spiro atoms. The van der Waals surface area contributed by atoms with Crippen molar-refractivity contribution in [2.75, 3.05) is 0 Å². The second-order valence-corrected chi connectivity index (χ2v) is 5.04. The van der Waals surface area contributed by atoms with Gasteiger partial charge in [0.2, 0.25) is 0 Å². The highest BCUT2D eigenvalue weighted by Crippen LogP contribution is 2.38. The maximum atomic E-state index is 4.66. The van der Waals surface area contributed by atoms with Gasteiger partial charge in [-0.1, -0.05) is 20.3 Å². The monoisotopic (exact) mass is 195 g/mol. The highest BCUT2D eigenvalue weighted by molar-refractivity contribution is 7.09. The third kappa shape index (κ3) is 1.93. The lowest BCUT2D eigenvalue weighted by Crippen LogP contribution is -1.93. The summed E-state index contributed by atoms with van der Waals surface area (Å²) in [7, 11) is 0. The molecule has 0 aromatic carbocycles. The van der Waals surface area contributed by atoms with Gasteiger partial charge in [0.25, 0.3) is 0 Å². The molecule has 0 N–H and O–H groups in total. The SMILES string of the molecule is CCc1csc(C2CCC(C)C2)n1. The van der Waals surface area contributed by atoms with E-state index in [1.165, 1.54) is 30.0 Å². The van der Waals surface area contributed by atoms with Gasteiger partial charge in [-0.25, -0.2) is 4.98 Å². The summed E-state index contributed by atoms with van der Waals surface area (Å²) in [6, 6.07) is 0. The first-order chi connectivity index (χ1) is 6.29. The number of hydrogen-bond donors (Lipinski definition) is 0. The number of thiazole rings is 1. The van der Waals surface area contributed by atoms with Crippen LogP contribution in [0, 0.1) is 5.92 Å². The van der Waals surface area contributed by atoms with Gasteiger partial charge >= 0.3 is 0 Å². The number of aryl methyl sites for hydroxylation is 1. The van der Waals surface area contributed by atoms with Gasteiger partial charge in [0.1, 0.15) is 0 Å². The molecule has 2 atom stereocenters. The molecule has 1 nitrogen and oxygen atoms in total. The molecule has 1 aliphatic rings. The summed E-state index contributed by atoms with van der Waals surface area (Å²) < 4.78 is 0. The molecule has 0 aliphatic heterocycles. The van der Waals surface area contributed by atoms with Crippen LogP contribution in [0.25, 0.3) is 0 Å². The predicted molar refractivity (Wildman–Crippen MR) is 57.2 cm³/mol. The Morgan fingerprint density at radius 3 is 2.92 bits per heavy atom. The Balaban J connectivity index is 2.08. The predicted octanol–water partition coefficient (Wildman–Crippen LogP) is 3.61. The lowest BCUT2D eigenvalue weighted by molar-refractivity contribution is 0.595. The van der Waals surface area contributed by atoms with Gasteiger partial charge in [0, 0.05) is 11.3 Å².